The van der Waals surface area contributed by atoms with Gasteiger partial charge in [0.2, 0.25) is 0 Å². The van der Waals surface area contributed by atoms with Crippen molar-refractivity contribution in [2.24, 2.45) is 0 Å². The molecule has 0 aromatic heterocycles. The molecule has 0 radical (unpaired) electrons. The molecule has 1 fully saturated rings. The standard InChI is InChI=1S/C10H19NO3/c1-7-5-9(11(3)4)10(6-13-7)14-8(2)12/h7,9-10H,5-6H2,1-4H3/t7-,9+,10+/m1/s1. The van der Waals surface area contributed by atoms with Crippen LogP contribution < -0.4 is 0 Å². The van der Waals surface area contributed by atoms with Crippen molar-refractivity contribution in [3.63, 3.8) is 0 Å². The lowest BCUT2D eigenvalue weighted by Gasteiger charge is -2.37. The fourth-order valence-corrected chi connectivity index (χ4v) is 1.80. The molecule has 1 aliphatic heterocycles. The summed E-state index contributed by atoms with van der Waals surface area (Å²) in [5, 5.41) is 0. The molecule has 1 saturated heterocycles. The van der Waals surface area contributed by atoms with Gasteiger partial charge in [-0.1, -0.05) is 0 Å². The number of carbonyl (C=O) groups excluding carboxylic acids is 1. The van der Waals surface area contributed by atoms with E-state index in [2.05, 4.69) is 4.90 Å². The summed E-state index contributed by atoms with van der Waals surface area (Å²) in [6.45, 7) is 3.98. The first-order valence-electron chi connectivity index (χ1n) is 4.96. The molecule has 0 amide bonds. The summed E-state index contributed by atoms with van der Waals surface area (Å²) in [6.07, 6.45) is 1.03. The molecule has 82 valence electrons. The van der Waals surface area contributed by atoms with Crippen LogP contribution in [0.3, 0.4) is 0 Å². The third kappa shape index (κ3) is 2.96. The third-order valence-electron chi connectivity index (χ3n) is 2.53. The molecule has 1 rings (SSSR count). The van der Waals surface area contributed by atoms with E-state index in [0.29, 0.717) is 6.61 Å². The monoisotopic (exact) mass is 201 g/mol. The Labute approximate surface area is 85.2 Å². The van der Waals surface area contributed by atoms with E-state index in [1.165, 1.54) is 6.92 Å². The van der Waals surface area contributed by atoms with Crippen LogP contribution in [-0.2, 0) is 14.3 Å². The van der Waals surface area contributed by atoms with Crippen molar-refractivity contribution in [1.82, 2.24) is 4.90 Å². The average Bonchev–Trinajstić information content (AvgIpc) is 2.07. The number of hydrogen-bond acceptors (Lipinski definition) is 4. The summed E-state index contributed by atoms with van der Waals surface area (Å²) < 4.78 is 10.7. The molecule has 0 saturated carbocycles. The summed E-state index contributed by atoms with van der Waals surface area (Å²) in [4.78, 5) is 13.0. The van der Waals surface area contributed by atoms with Gasteiger partial charge >= 0.3 is 5.97 Å². The Morgan fingerprint density at radius 2 is 2.14 bits per heavy atom. The zero-order valence-electron chi connectivity index (χ0n) is 9.32. The minimum atomic E-state index is -0.236. The van der Waals surface area contributed by atoms with Gasteiger partial charge in [-0.25, -0.2) is 0 Å². The van der Waals surface area contributed by atoms with Crippen LogP contribution >= 0.6 is 0 Å². The van der Waals surface area contributed by atoms with Crippen molar-refractivity contribution < 1.29 is 14.3 Å². The largest absolute Gasteiger partial charge is 0.458 e. The van der Waals surface area contributed by atoms with E-state index < -0.39 is 0 Å². The number of likely N-dealkylation sites (N-methyl/N-ethyl adjacent to an activating group) is 1. The van der Waals surface area contributed by atoms with Crippen LogP contribution in [0.4, 0.5) is 0 Å². The smallest absolute Gasteiger partial charge is 0.303 e. The maximum Gasteiger partial charge on any atom is 0.303 e. The molecule has 0 unspecified atom stereocenters. The number of ether oxygens (including phenoxy) is 2. The Morgan fingerprint density at radius 3 is 2.64 bits per heavy atom. The molecule has 0 bridgehead atoms. The van der Waals surface area contributed by atoms with Gasteiger partial charge in [0.15, 0.2) is 0 Å². The third-order valence-corrected chi connectivity index (χ3v) is 2.53. The summed E-state index contributed by atoms with van der Waals surface area (Å²) in [6, 6.07) is 0.266. The van der Waals surface area contributed by atoms with E-state index in [-0.39, 0.29) is 24.2 Å². The highest BCUT2D eigenvalue weighted by Crippen LogP contribution is 2.20. The Bertz CT molecular complexity index is 206. The molecular weight excluding hydrogens is 182 g/mol. The second-order valence-corrected chi connectivity index (χ2v) is 4.06. The number of carbonyl (C=O) groups is 1. The molecule has 4 heteroatoms. The van der Waals surface area contributed by atoms with E-state index in [1.807, 2.05) is 21.0 Å². The van der Waals surface area contributed by atoms with Crippen molar-refractivity contribution in [3.05, 3.63) is 0 Å². The van der Waals surface area contributed by atoms with E-state index >= 15 is 0 Å². The average molecular weight is 201 g/mol. The number of rotatable bonds is 2. The summed E-state index contributed by atoms with van der Waals surface area (Å²) in [5.74, 6) is -0.236. The van der Waals surface area contributed by atoms with Crippen LogP contribution in [0.15, 0.2) is 0 Å². The number of nitrogens with zero attached hydrogens (tertiary/aromatic N) is 1. The van der Waals surface area contributed by atoms with Crippen LogP contribution in [0.25, 0.3) is 0 Å². The zero-order valence-corrected chi connectivity index (χ0v) is 9.32. The first-order chi connectivity index (χ1) is 6.50. The fourth-order valence-electron chi connectivity index (χ4n) is 1.80. The molecule has 4 nitrogen and oxygen atoms in total. The van der Waals surface area contributed by atoms with E-state index in [4.69, 9.17) is 9.47 Å². The molecule has 1 aliphatic rings. The Hall–Kier alpha value is -0.610. The van der Waals surface area contributed by atoms with Crippen LogP contribution in [-0.4, -0.2) is 49.8 Å². The van der Waals surface area contributed by atoms with E-state index in [1.54, 1.807) is 0 Å². The maximum atomic E-state index is 10.9. The predicted molar refractivity (Wildman–Crippen MR) is 53.1 cm³/mol. The van der Waals surface area contributed by atoms with Crippen LogP contribution in [0, 0.1) is 0 Å². The molecule has 0 aromatic carbocycles. The van der Waals surface area contributed by atoms with Crippen molar-refractivity contribution in [2.75, 3.05) is 20.7 Å². The van der Waals surface area contributed by atoms with Gasteiger partial charge in [-0.15, -0.1) is 0 Å². The van der Waals surface area contributed by atoms with Gasteiger partial charge in [-0.3, -0.25) is 4.79 Å². The van der Waals surface area contributed by atoms with Crippen molar-refractivity contribution in [1.29, 1.82) is 0 Å². The number of esters is 1. The van der Waals surface area contributed by atoms with Gasteiger partial charge in [0, 0.05) is 6.92 Å². The summed E-state index contributed by atoms with van der Waals surface area (Å²) in [7, 11) is 4.00. The second-order valence-electron chi connectivity index (χ2n) is 4.06. The normalized spacial score (nSPS) is 33.1. The Balaban J connectivity index is 2.58. The van der Waals surface area contributed by atoms with Crippen molar-refractivity contribution >= 4 is 5.97 Å². The minimum Gasteiger partial charge on any atom is -0.458 e. The first-order valence-corrected chi connectivity index (χ1v) is 4.96. The van der Waals surface area contributed by atoms with Gasteiger partial charge in [0.25, 0.3) is 0 Å². The molecule has 3 atom stereocenters. The molecule has 0 aromatic rings. The number of hydrogen-bond donors (Lipinski definition) is 0. The van der Waals surface area contributed by atoms with Gasteiger partial charge < -0.3 is 14.4 Å². The SMILES string of the molecule is CC(=O)O[C@H]1CO[C@H](C)C[C@@H]1N(C)C. The lowest BCUT2D eigenvalue weighted by Crippen LogP contribution is -2.49. The predicted octanol–water partition coefficient (Wildman–Crippen LogP) is 0.657. The van der Waals surface area contributed by atoms with Crippen molar-refractivity contribution in [2.45, 2.75) is 38.5 Å². The molecule has 14 heavy (non-hydrogen) atoms. The van der Waals surface area contributed by atoms with Crippen LogP contribution in [0.2, 0.25) is 0 Å². The highest BCUT2D eigenvalue weighted by Gasteiger charge is 2.32. The molecule has 0 N–H and O–H groups in total. The van der Waals surface area contributed by atoms with E-state index in [0.717, 1.165) is 6.42 Å². The van der Waals surface area contributed by atoms with Crippen LogP contribution in [0.5, 0.6) is 0 Å². The highest BCUT2D eigenvalue weighted by atomic mass is 16.6. The second kappa shape index (κ2) is 4.75. The van der Waals surface area contributed by atoms with Crippen molar-refractivity contribution in [3.8, 4) is 0 Å². The van der Waals surface area contributed by atoms with Gasteiger partial charge in [0.1, 0.15) is 6.10 Å². The molecule has 0 spiro atoms. The molecule has 1 heterocycles. The quantitative estimate of drug-likeness (QED) is 0.615. The van der Waals surface area contributed by atoms with Crippen LogP contribution in [0.1, 0.15) is 20.3 Å². The molecular formula is C10H19NO3. The first kappa shape index (κ1) is 11.5. The highest BCUT2D eigenvalue weighted by molar-refractivity contribution is 5.66. The maximum absolute atomic E-state index is 10.9. The lowest BCUT2D eigenvalue weighted by atomic mass is 10.0. The summed E-state index contributed by atoms with van der Waals surface area (Å²) in [5.41, 5.74) is 0. The lowest BCUT2D eigenvalue weighted by molar-refractivity contribution is -0.163. The van der Waals surface area contributed by atoms with E-state index in [9.17, 15) is 4.79 Å². The van der Waals surface area contributed by atoms with Gasteiger partial charge in [-0.2, -0.15) is 0 Å². The minimum absolute atomic E-state index is 0.126. The summed E-state index contributed by atoms with van der Waals surface area (Å²) >= 11 is 0. The topological polar surface area (TPSA) is 38.8 Å². The fraction of sp³-hybridized carbons (Fsp3) is 0.900. The van der Waals surface area contributed by atoms with Gasteiger partial charge in [0.05, 0.1) is 18.8 Å². The molecule has 0 aliphatic carbocycles. The Kier molecular flexibility index (Phi) is 3.89. The zero-order chi connectivity index (χ0) is 10.7. The van der Waals surface area contributed by atoms with Gasteiger partial charge in [-0.05, 0) is 27.4 Å². The Morgan fingerprint density at radius 1 is 1.50 bits per heavy atom.